The van der Waals surface area contributed by atoms with Crippen LogP contribution in [-0.2, 0) is 5.60 Å². The number of aryl methyl sites for hydroxylation is 1. The number of hydrogen-bond donors (Lipinski definition) is 1. The van der Waals surface area contributed by atoms with Crippen LogP contribution in [-0.4, -0.2) is 5.11 Å². The van der Waals surface area contributed by atoms with E-state index in [1.165, 1.54) is 12.5 Å². The molecule has 1 saturated carbocycles. The predicted molar refractivity (Wildman–Crippen MR) is 67.3 cm³/mol. The Morgan fingerprint density at radius 1 is 1.35 bits per heavy atom. The van der Waals surface area contributed by atoms with Crippen LogP contribution in [0.1, 0.15) is 50.2 Å². The number of rotatable bonds is 2. The first-order chi connectivity index (χ1) is 8.05. The highest BCUT2D eigenvalue weighted by Crippen LogP contribution is 2.40. The van der Waals surface area contributed by atoms with Crippen LogP contribution in [0.25, 0.3) is 0 Å². The zero-order valence-corrected chi connectivity index (χ0v) is 10.7. The Kier molecular flexibility index (Phi) is 3.53. The van der Waals surface area contributed by atoms with Gasteiger partial charge >= 0.3 is 0 Å². The molecule has 94 valence electrons. The van der Waals surface area contributed by atoms with Gasteiger partial charge in [-0.2, -0.15) is 0 Å². The van der Waals surface area contributed by atoms with Crippen molar-refractivity contribution in [1.29, 1.82) is 0 Å². The Morgan fingerprint density at radius 3 is 2.53 bits per heavy atom. The minimum atomic E-state index is -0.732. The van der Waals surface area contributed by atoms with E-state index in [0.29, 0.717) is 5.56 Å². The van der Waals surface area contributed by atoms with Gasteiger partial charge in [-0.1, -0.05) is 25.5 Å². The van der Waals surface area contributed by atoms with Crippen LogP contribution in [0.15, 0.2) is 18.2 Å². The molecule has 1 fully saturated rings. The highest BCUT2D eigenvalue weighted by Gasteiger charge is 2.34. The summed E-state index contributed by atoms with van der Waals surface area (Å²) in [7, 11) is 0. The summed E-state index contributed by atoms with van der Waals surface area (Å²) in [6.45, 7) is 3.96. The zero-order chi connectivity index (χ0) is 12.5. The molecule has 0 bridgehead atoms. The number of hydrogen-bond acceptors (Lipinski definition) is 1. The first kappa shape index (κ1) is 12.6. The normalized spacial score (nSPS) is 29.3. The van der Waals surface area contributed by atoms with Crippen LogP contribution < -0.4 is 0 Å². The molecule has 1 aliphatic rings. The highest BCUT2D eigenvalue weighted by atomic mass is 19.1. The van der Waals surface area contributed by atoms with Crippen molar-refractivity contribution in [1.82, 2.24) is 0 Å². The van der Waals surface area contributed by atoms with Gasteiger partial charge in [-0.15, -0.1) is 0 Å². The van der Waals surface area contributed by atoms with Crippen molar-refractivity contribution in [2.24, 2.45) is 5.92 Å². The average Bonchev–Trinajstić information content (AvgIpc) is 2.33. The molecule has 1 aromatic rings. The molecule has 0 spiro atoms. The minimum absolute atomic E-state index is 0.195. The molecule has 1 aromatic carbocycles. The topological polar surface area (TPSA) is 20.2 Å². The van der Waals surface area contributed by atoms with Crippen molar-refractivity contribution in [3.8, 4) is 0 Å². The van der Waals surface area contributed by atoms with Gasteiger partial charge in [0.1, 0.15) is 5.82 Å². The molecular weight excluding hydrogens is 215 g/mol. The van der Waals surface area contributed by atoms with Crippen LogP contribution in [0.3, 0.4) is 0 Å². The summed E-state index contributed by atoms with van der Waals surface area (Å²) >= 11 is 0. The molecule has 0 atom stereocenters. The summed E-state index contributed by atoms with van der Waals surface area (Å²) in [5, 5.41) is 10.6. The smallest absolute Gasteiger partial charge is 0.126 e. The summed E-state index contributed by atoms with van der Waals surface area (Å²) in [5.74, 6) is 0.552. The van der Waals surface area contributed by atoms with Crippen LogP contribution in [0.2, 0.25) is 0 Å². The maximum absolute atomic E-state index is 13.2. The lowest BCUT2D eigenvalue weighted by atomic mass is 9.74. The van der Waals surface area contributed by atoms with Gasteiger partial charge in [0.05, 0.1) is 5.60 Å². The molecule has 0 radical (unpaired) electrons. The van der Waals surface area contributed by atoms with Crippen molar-refractivity contribution in [3.05, 3.63) is 35.1 Å². The molecule has 0 unspecified atom stereocenters. The molecule has 0 aromatic heterocycles. The average molecular weight is 236 g/mol. The SMILES string of the molecule is CCC1CCC(O)(c2ccc(F)c(C)c2)CC1. The predicted octanol–water partition coefficient (Wildman–Crippen LogP) is 3.92. The lowest BCUT2D eigenvalue weighted by Gasteiger charge is -2.36. The molecule has 0 aliphatic heterocycles. The Bertz CT molecular complexity index is 392. The van der Waals surface area contributed by atoms with Gasteiger partial charge in [-0.3, -0.25) is 0 Å². The monoisotopic (exact) mass is 236 g/mol. The fourth-order valence-corrected chi connectivity index (χ4v) is 2.79. The molecule has 0 amide bonds. The summed E-state index contributed by atoms with van der Waals surface area (Å²) in [6, 6.07) is 4.99. The third kappa shape index (κ3) is 2.52. The van der Waals surface area contributed by atoms with E-state index in [-0.39, 0.29) is 5.82 Å². The molecule has 2 heteroatoms. The maximum atomic E-state index is 13.2. The van der Waals surface area contributed by atoms with Gasteiger partial charge in [0.2, 0.25) is 0 Å². The van der Waals surface area contributed by atoms with Crippen LogP contribution in [0.5, 0.6) is 0 Å². The molecule has 17 heavy (non-hydrogen) atoms. The van der Waals surface area contributed by atoms with E-state index >= 15 is 0 Å². The van der Waals surface area contributed by atoms with Gasteiger partial charge in [0, 0.05) is 0 Å². The lowest BCUT2D eigenvalue weighted by Crippen LogP contribution is -2.31. The van der Waals surface area contributed by atoms with Crippen LogP contribution in [0, 0.1) is 18.7 Å². The van der Waals surface area contributed by atoms with Gasteiger partial charge in [-0.25, -0.2) is 4.39 Å². The molecular formula is C15H21FO. The van der Waals surface area contributed by atoms with Crippen molar-refractivity contribution < 1.29 is 9.50 Å². The van der Waals surface area contributed by atoms with E-state index in [1.54, 1.807) is 19.1 Å². The highest BCUT2D eigenvalue weighted by molar-refractivity contribution is 5.29. The van der Waals surface area contributed by atoms with Crippen molar-refractivity contribution in [2.75, 3.05) is 0 Å². The van der Waals surface area contributed by atoms with Crippen molar-refractivity contribution in [3.63, 3.8) is 0 Å². The first-order valence-electron chi connectivity index (χ1n) is 6.54. The van der Waals surface area contributed by atoms with Gasteiger partial charge < -0.3 is 5.11 Å². The van der Waals surface area contributed by atoms with E-state index in [2.05, 4.69) is 6.92 Å². The van der Waals surface area contributed by atoms with E-state index in [1.807, 2.05) is 0 Å². The fourth-order valence-electron chi connectivity index (χ4n) is 2.79. The molecule has 0 heterocycles. The quantitative estimate of drug-likeness (QED) is 0.825. The van der Waals surface area contributed by atoms with Crippen LogP contribution >= 0.6 is 0 Å². The van der Waals surface area contributed by atoms with Gasteiger partial charge in [-0.05, 0) is 55.7 Å². The molecule has 0 saturated heterocycles. The Labute approximate surface area is 103 Å². The van der Waals surface area contributed by atoms with E-state index in [0.717, 1.165) is 37.2 Å². The van der Waals surface area contributed by atoms with E-state index in [4.69, 9.17) is 0 Å². The number of benzene rings is 1. The second kappa shape index (κ2) is 4.77. The van der Waals surface area contributed by atoms with Crippen LogP contribution in [0.4, 0.5) is 4.39 Å². The first-order valence-corrected chi connectivity index (χ1v) is 6.54. The Morgan fingerprint density at radius 2 is 2.00 bits per heavy atom. The summed E-state index contributed by atoms with van der Waals surface area (Å²) in [4.78, 5) is 0. The summed E-state index contributed by atoms with van der Waals surface area (Å²) in [5.41, 5.74) is 0.768. The molecule has 2 rings (SSSR count). The zero-order valence-electron chi connectivity index (χ0n) is 10.7. The Hall–Kier alpha value is -0.890. The van der Waals surface area contributed by atoms with Crippen molar-refractivity contribution >= 4 is 0 Å². The molecule has 1 aliphatic carbocycles. The van der Waals surface area contributed by atoms with Gasteiger partial charge in [0.15, 0.2) is 0 Å². The largest absolute Gasteiger partial charge is 0.385 e. The summed E-state index contributed by atoms with van der Waals surface area (Å²) in [6.07, 6.45) is 4.94. The van der Waals surface area contributed by atoms with Crippen molar-refractivity contribution in [2.45, 2.75) is 51.6 Å². The second-order valence-electron chi connectivity index (χ2n) is 5.35. The summed E-state index contributed by atoms with van der Waals surface area (Å²) < 4.78 is 13.2. The minimum Gasteiger partial charge on any atom is -0.385 e. The lowest BCUT2D eigenvalue weighted by molar-refractivity contribution is -0.0146. The van der Waals surface area contributed by atoms with E-state index < -0.39 is 5.60 Å². The number of aliphatic hydroxyl groups is 1. The van der Waals surface area contributed by atoms with Gasteiger partial charge in [0.25, 0.3) is 0 Å². The fraction of sp³-hybridized carbons (Fsp3) is 0.600. The standard InChI is InChI=1S/C15H21FO/c1-3-12-6-8-15(17,9-7-12)13-4-5-14(16)11(2)10-13/h4-5,10,12,17H,3,6-9H2,1-2H3. The molecule has 1 nitrogen and oxygen atoms in total. The second-order valence-corrected chi connectivity index (χ2v) is 5.35. The Balaban J connectivity index is 2.18. The maximum Gasteiger partial charge on any atom is 0.126 e. The van der Waals surface area contributed by atoms with E-state index in [9.17, 15) is 9.50 Å². The third-order valence-electron chi connectivity index (χ3n) is 4.20. The molecule has 1 N–H and O–H groups in total. The number of halogens is 1. The third-order valence-corrected chi connectivity index (χ3v) is 4.20.